The lowest BCUT2D eigenvalue weighted by molar-refractivity contribution is -0.0476. The lowest BCUT2D eigenvalue weighted by Crippen LogP contribution is -2.45. The summed E-state index contributed by atoms with van der Waals surface area (Å²) in [6.07, 6.45) is 0. The molecular weight excluding hydrogens is 556 g/mol. The molecule has 0 amide bonds. The molecule has 0 aromatic heterocycles. The van der Waals surface area contributed by atoms with Crippen molar-refractivity contribution in [3.63, 3.8) is 0 Å². The molecule has 0 atom stereocenters. The SMILES string of the molecule is COc1ccc([S+](c2ccccc2)c2ccccc2)cc1.O=S(=O)(NS(=O)(=O)C(F)(F)F)C(F)(F)F. The van der Waals surface area contributed by atoms with E-state index >= 15 is 0 Å². The van der Waals surface area contributed by atoms with Crippen LogP contribution >= 0.6 is 0 Å². The first-order valence-electron chi connectivity index (χ1n) is 9.48. The zero-order valence-corrected chi connectivity index (χ0v) is 20.6. The summed E-state index contributed by atoms with van der Waals surface area (Å²) < 4.78 is 114. The summed E-state index contributed by atoms with van der Waals surface area (Å²) in [5, 5.41) is 0. The number of hydrogen-bond donors (Lipinski definition) is 1. The van der Waals surface area contributed by atoms with Gasteiger partial charge in [-0.2, -0.15) is 26.3 Å². The van der Waals surface area contributed by atoms with Crippen LogP contribution < -0.4 is 8.86 Å². The first kappa shape index (κ1) is 29.5. The smallest absolute Gasteiger partial charge is 0.497 e. The minimum Gasteiger partial charge on any atom is -0.497 e. The van der Waals surface area contributed by atoms with E-state index in [0.717, 1.165) is 5.75 Å². The number of sulfonamides is 2. The fraction of sp³-hybridized carbons (Fsp3) is 0.143. The maximum Gasteiger partial charge on any atom is 0.512 e. The van der Waals surface area contributed by atoms with Crippen LogP contribution in [0.4, 0.5) is 26.3 Å². The van der Waals surface area contributed by atoms with Crippen molar-refractivity contribution in [3.05, 3.63) is 84.9 Å². The van der Waals surface area contributed by atoms with E-state index in [2.05, 4.69) is 72.8 Å². The average molecular weight is 575 g/mol. The first-order chi connectivity index (χ1) is 16.6. The topological polar surface area (TPSA) is 89.5 Å². The highest BCUT2D eigenvalue weighted by Crippen LogP contribution is 2.32. The number of benzene rings is 3. The Balaban J connectivity index is 0.000000271. The van der Waals surface area contributed by atoms with Crippen LogP contribution in [-0.4, -0.2) is 35.0 Å². The number of hydrogen-bond acceptors (Lipinski definition) is 5. The molecule has 36 heavy (non-hydrogen) atoms. The highest BCUT2D eigenvalue weighted by molar-refractivity contribution is 8.05. The van der Waals surface area contributed by atoms with Gasteiger partial charge >= 0.3 is 31.1 Å². The zero-order valence-electron chi connectivity index (χ0n) is 18.1. The Morgan fingerprint density at radius 2 is 0.944 bits per heavy atom. The van der Waals surface area contributed by atoms with Crippen molar-refractivity contribution in [2.75, 3.05) is 7.11 Å². The summed E-state index contributed by atoms with van der Waals surface area (Å²) in [6.45, 7) is 0. The fourth-order valence-electron chi connectivity index (χ4n) is 2.47. The Labute approximate surface area is 206 Å². The first-order valence-corrected chi connectivity index (χ1v) is 13.7. The second-order valence-corrected chi connectivity index (χ2v) is 12.2. The lowest BCUT2D eigenvalue weighted by atomic mass is 10.3. The van der Waals surface area contributed by atoms with Gasteiger partial charge in [0.15, 0.2) is 14.7 Å². The Bertz CT molecular complexity index is 1250. The summed E-state index contributed by atoms with van der Waals surface area (Å²) in [6, 6.07) is 29.7. The standard InChI is InChI=1S/C19H17OS.C2HF6NO4S2/c1-20-16-12-14-19(15-13-16)21(17-8-4-2-5-9-17)18-10-6-3-7-11-18;3-1(4,5)14(10,11)9-15(12,13)2(6,7)8/h2-15H,1H3;9H/q+1;. The van der Waals surface area contributed by atoms with Gasteiger partial charge in [-0.1, -0.05) is 40.5 Å². The molecule has 0 bridgehead atoms. The molecule has 0 aliphatic heterocycles. The Morgan fingerprint density at radius 1 is 0.611 bits per heavy atom. The largest absolute Gasteiger partial charge is 0.512 e. The van der Waals surface area contributed by atoms with E-state index in [0.29, 0.717) is 0 Å². The van der Waals surface area contributed by atoms with Crippen LogP contribution in [-0.2, 0) is 30.9 Å². The van der Waals surface area contributed by atoms with Crippen molar-refractivity contribution in [2.45, 2.75) is 25.7 Å². The monoisotopic (exact) mass is 574 g/mol. The Kier molecular flexibility index (Phi) is 9.45. The minimum absolute atomic E-state index is 0.0804. The normalized spacial score (nSPS) is 12.6. The predicted molar refractivity (Wildman–Crippen MR) is 121 cm³/mol. The summed E-state index contributed by atoms with van der Waals surface area (Å²) in [4.78, 5) is 3.95. The second kappa shape index (κ2) is 11.5. The van der Waals surface area contributed by atoms with E-state index < -0.39 is 35.2 Å². The van der Waals surface area contributed by atoms with Crippen LogP contribution in [0.15, 0.2) is 99.6 Å². The van der Waals surface area contributed by atoms with Crippen LogP contribution in [0.1, 0.15) is 0 Å². The molecule has 6 nitrogen and oxygen atoms in total. The Morgan fingerprint density at radius 3 is 1.25 bits per heavy atom. The molecule has 0 aliphatic carbocycles. The van der Waals surface area contributed by atoms with Gasteiger partial charge in [0.25, 0.3) is 0 Å². The quantitative estimate of drug-likeness (QED) is 0.328. The molecular formula is C21H18F6NO5S3+. The highest BCUT2D eigenvalue weighted by Gasteiger charge is 2.55. The van der Waals surface area contributed by atoms with Gasteiger partial charge in [-0.05, 0) is 48.5 Å². The van der Waals surface area contributed by atoms with Gasteiger partial charge in [0.05, 0.1) is 18.0 Å². The van der Waals surface area contributed by atoms with Crippen LogP contribution in [0.2, 0.25) is 0 Å². The lowest BCUT2D eigenvalue weighted by Gasteiger charge is -2.11. The van der Waals surface area contributed by atoms with Gasteiger partial charge in [-0.15, -0.1) is 0 Å². The molecule has 15 heteroatoms. The van der Waals surface area contributed by atoms with Crippen molar-refractivity contribution >= 4 is 30.9 Å². The van der Waals surface area contributed by atoms with Crippen LogP contribution in [0.3, 0.4) is 0 Å². The minimum atomic E-state index is -6.60. The summed E-state index contributed by atoms with van der Waals surface area (Å²) in [7, 11) is -11.6. The van der Waals surface area contributed by atoms with Gasteiger partial charge in [-0.25, -0.2) is 16.8 Å². The number of nitrogens with one attached hydrogen (secondary N) is 1. The molecule has 0 unspecified atom stereocenters. The van der Waals surface area contributed by atoms with E-state index in [9.17, 15) is 43.2 Å². The van der Waals surface area contributed by atoms with E-state index in [-0.39, 0.29) is 10.9 Å². The molecule has 3 aromatic carbocycles. The fourth-order valence-corrected chi connectivity index (χ4v) is 6.47. The highest BCUT2D eigenvalue weighted by atomic mass is 32.3. The third-order valence-electron chi connectivity index (χ3n) is 4.08. The predicted octanol–water partition coefficient (Wildman–Crippen LogP) is 5.07. The molecule has 0 spiro atoms. The molecule has 0 saturated heterocycles. The number of halogens is 6. The molecule has 3 aromatic rings. The zero-order chi connectivity index (χ0) is 27.2. The van der Waals surface area contributed by atoms with Crippen LogP contribution in [0.5, 0.6) is 5.75 Å². The molecule has 3 rings (SSSR count). The van der Waals surface area contributed by atoms with E-state index in [4.69, 9.17) is 4.74 Å². The average Bonchev–Trinajstić information content (AvgIpc) is 2.79. The van der Waals surface area contributed by atoms with Gasteiger partial charge in [-0.3, -0.25) is 0 Å². The Hall–Kier alpha value is -2.75. The van der Waals surface area contributed by atoms with Gasteiger partial charge in [0, 0.05) is 0 Å². The third-order valence-corrected chi connectivity index (χ3v) is 9.29. The summed E-state index contributed by atoms with van der Waals surface area (Å²) in [5.41, 5.74) is -12.3. The maximum absolute atomic E-state index is 11.5. The van der Waals surface area contributed by atoms with Crippen molar-refractivity contribution in [1.82, 2.24) is 4.13 Å². The second-order valence-electron chi connectivity index (χ2n) is 6.59. The van der Waals surface area contributed by atoms with Crippen molar-refractivity contribution in [2.24, 2.45) is 0 Å². The summed E-state index contributed by atoms with van der Waals surface area (Å²) in [5.74, 6) is 0.892. The number of rotatable bonds is 6. The number of methoxy groups -OCH3 is 1. The summed E-state index contributed by atoms with van der Waals surface area (Å²) >= 11 is 0. The molecule has 0 fully saturated rings. The van der Waals surface area contributed by atoms with Crippen LogP contribution in [0, 0.1) is 0 Å². The van der Waals surface area contributed by atoms with Crippen molar-refractivity contribution in [1.29, 1.82) is 0 Å². The van der Waals surface area contributed by atoms with Crippen molar-refractivity contribution in [3.8, 4) is 5.75 Å². The third kappa shape index (κ3) is 7.62. The molecule has 196 valence electrons. The van der Waals surface area contributed by atoms with Gasteiger partial charge in [0.1, 0.15) is 5.75 Å². The molecule has 1 N–H and O–H groups in total. The molecule has 0 aliphatic rings. The maximum atomic E-state index is 11.5. The molecule has 0 saturated carbocycles. The van der Waals surface area contributed by atoms with Crippen LogP contribution in [0.25, 0.3) is 0 Å². The number of alkyl halides is 6. The van der Waals surface area contributed by atoms with Gasteiger partial charge < -0.3 is 4.74 Å². The van der Waals surface area contributed by atoms with E-state index in [1.165, 1.54) is 14.7 Å². The van der Waals surface area contributed by atoms with E-state index in [1.54, 1.807) is 7.11 Å². The van der Waals surface area contributed by atoms with Crippen molar-refractivity contribution < 1.29 is 47.9 Å². The molecule has 0 heterocycles. The van der Waals surface area contributed by atoms with Gasteiger partial charge in [0.2, 0.25) is 0 Å². The number of ether oxygens (including phenoxy) is 1. The molecule has 0 radical (unpaired) electrons. The van der Waals surface area contributed by atoms with E-state index in [1.807, 2.05) is 12.1 Å².